The topological polar surface area (TPSA) is 29.9 Å². The van der Waals surface area contributed by atoms with Crippen molar-refractivity contribution in [1.82, 2.24) is 15.1 Å². The Morgan fingerprint density at radius 3 is 2.90 bits per heavy atom. The summed E-state index contributed by atoms with van der Waals surface area (Å²) in [6.07, 6.45) is 6.56. The molecule has 1 N–H and O–H groups in total. The van der Waals surface area contributed by atoms with E-state index in [1.54, 1.807) is 6.20 Å². The zero-order valence-corrected chi connectivity index (χ0v) is 14.4. The average Bonchev–Trinajstić information content (AvgIpc) is 3.00. The van der Waals surface area contributed by atoms with E-state index < -0.39 is 0 Å². The van der Waals surface area contributed by atoms with E-state index in [9.17, 15) is 0 Å². The minimum Gasteiger partial charge on any atom is -0.307 e. The molecular formula is C15H26ClN3S. The van der Waals surface area contributed by atoms with Crippen LogP contribution in [0, 0.1) is 0 Å². The van der Waals surface area contributed by atoms with Crippen molar-refractivity contribution in [1.29, 1.82) is 0 Å². The smallest absolute Gasteiger partial charge is 0.0834 e. The maximum absolute atomic E-state index is 6.46. The first-order valence-electron chi connectivity index (χ1n) is 7.71. The molecule has 1 aliphatic rings. The summed E-state index contributed by atoms with van der Waals surface area (Å²) in [7, 11) is 0. The van der Waals surface area contributed by atoms with Crippen LogP contribution in [0.5, 0.6) is 0 Å². The normalized spacial score (nSPS) is 24.2. The van der Waals surface area contributed by atoms with Gasteiger partial charge in [-0.1, -0.05) is 25.4 Å². The molecule has 0 spiro atoms. The van der Waals surface area contributed by atoms with Gasteiger partial charge in [-0.05, 0) is 44.9 Å². The highest BCUT2D eigenvalue weighted by Gasteiger charge is 2.41. The predicted octanol–water partition coefficient (Wildman–Crippen LogP) is 4.27. The molecule has 2 unspecified atom stereocenters. The van der Waals surface area contributed by atoms with Gasteiger partial charge in [-0.25, -0.2) is 0 Å². The van der Waals surface area contributed by atoms with E-state index in [2.05, 4.69) is 47.6 Å². The maximum atomic E-state index is 6.46. The van der Waals surface area contributed by atoms with Gasteiger partial charge >= 0.3 is 0 Å². The van der Waals surface area contributed by atoms with Crippen molar-refractivity contribution >= 4 is 23.4 Å². The number of nitrogens with zero attached hydrogens (tertiary/aromatic N) is 2. The second-order valence-corrected chi connectivity index (χ2v) is 7.79. The Bertz CT molecular complexity index is 427. The minimum absolute atomic E-state index is 0.227. The summed E-state index contributed by atoms with van der Waals surface area (Å²) in [5.74, 6) is 1.25. The van der Waals surface area contributed by atoms with Crippen LogP contribution in [-0.4, -0.2) is 26.8 Å². The van der Waals surface area contributed by atoms with Crippen LogP contribution in [0.3, 0.4) is 0 Å². The molecule has 0 bridgehead atoms. The number of aromatic nitrogens is 2. The van der Waals surface area contributed by atoms with Gasteiger partial charge in [0.2, 0.25) is 0 Å². The van der Waals surface area contributed by atoms with Crippen LogP contribution in [0.15, 0.2) is 6.20 Å². The Labute approximate surface area is 131 Å². The van der Waals surface area contributed by atoms with Crippen molar-refractivity contribution in [3.05, 3.63) is 16.9 Å². The zero-order chi connectivity index (χ0) is 14.6. The molecule has 0 amide bonds. The number of aryl methyl sites for hydroxylation is 1. The number of hydrogen-bond donors (Lipinski definition) is 1. The lowest BCUT2D eigenvalue weighted by Crippen LogP contribution is -2.39. The third-order valence-corrected chi connectivity index (χ3v) is 5.88. The summed E-state index contributed by atoms with van der Waals surface area (Å²) in [4.78, 5) is 0. The van der Waals surface area contributed by atoms with Gasteiger partial charge in [0, 0.05) is 11.3 Å². The lowest BCUT2D eigenvalue weighted by atomic mass is 9.93. The predicted molar refractivity (Wildman–Crippen MR) is 88.7 cm³/mol. The van der Waals surface area contributed by atoms with Crippen molar-refractivity contribution in [3.8, 4) is 0 Å². The molecular weight excluding hydrogens is 290 g/mol. The van der Waals surface area contributed by atoms with Crippen molar-refractivity contribution in [3.63, 3.8) is 0 Å². The van der Waals surface area contributed by atoms with Gasteiger partial charge in [-0.2, -0.15) is 16.9 Å². The summed E-state index contributed by atoms with van der Waals surface area (Å²) >= 11 is 8.54. The monoisotopic (exact) mass is 315 g/mol. The Morgan fingerprint density at radius 1 is 1.50 bits per heavy atom. The average molecular weight is 316 g/mol. The SMILES string of the molecule is CCCNC(c1c(Cl)cnn1CCC)C1(C)CCCS1. The molecule has 2 rings (SSSR count). The van der Waals surface area contributed by atoms with E-state index in [1.807, 2.05) is 0 Å². The van der Waals surface area contributed by atoms with Crippen LogP contribution in [-0.2, 0) is 6.54 Å². The van der Waals surface area contributed by atoms with Crippen LogP contribution >= 0.6 is 23.4 Å². The molecule has 20 heavy (non-hydrogen) atoms. The van der Waals surface area contributed by atoms with E-state index >= 15 is 0 Å². The van der Waals surface area contributed by atoms with Gasteiger partial charge < -0.3 is 5.32 Å². The lowest BCUT2D eigenvalue weighted by molar-refractivity contribution is 0.384. The second kappa shape index (κ2) is 7.19. The van der Waals surface area contributed by atoms with Gasteiger partial charge in [-0.3, -0.25) is 4.68 Å². The standard InChI is InChI=1S/C15H26ClN3S/c1-4-8-17-14(15(3)7-6-10-20-15)13-12(16)11-18-19(13)9-5-2/h11,14,17H,4-10H2,1-3H3. The van der Waals surface area contributed by atoms with Gasteiger partial charge in [0.1, 0.15) is 0 Å². The molecule has 1 aromatic rings. The van der Waals surface area contributed by atoms with E-state index in [0.717, 1.165) is 31.0 Å². The molecule has 2 atom stereocenters. The van der Waals surface area contributed by atoms with E-state index in [-0.39, 0.29) is 10.8 Å². The van der Waals surface area contributed by atoms with Crippen molar-refractivity contribution in [2.24, 2.45) is 0 Å². The fraction of sp³-hybridized carbons (Fsp3) is 0.800. The van der Waals surface area contributed by atoms with Crippen LogP contribution in [0.1, 0.15) is 58.2 Å². The molecule has 1 aromatic heterocycles. The third kappa shape index (κ3) is 3.34. The van der Waals surface area contributed by atoms with Gasteiger partial charge in [-0.15, -0.1) is 0 Å². The minimum atomic E-state index is 0.227. The van der Waals surface area contributed by atoms with Crippen LogP contribution in [0.25, 0.3) is 0 Å². The summed E-state index contributed by atoms with van der Waals surface area (Å²) in [5, 5.41) is 9.01. The number of thioether (sulfide) groups is 1. The van der Waals surface area contributed by atoms with Crippen molar-refractivity contribution < 1.29 is 0 Å². The highest BCUT2D eigenvalue weighted by atomic mass is 35.5. The highest BCUT2D eigenvalue weighted by molar-refractivity contribution is 8.00. The Balaban J connectivity index is 2.32. The highest BCUT2D eigenvalue weighted by Crippen LogP contribution is 2.47. The molecule has 2 heterocycles. The van der Waals surface area contributed by atoms with Gasteiger partial charge in [0.05, 0.1) is 23.0 Å². The maximum Gasteiger partial charge on any atom is 0.0834 e. The number of halogens is 1. The quantitative estimate of drug-likeness (QED) is 0.814. The number of nitrogens with one attached hydrogen (secondary N) is 1. The summed E-state index contributed by atoms with van der Waals surface area (Å²) in [5.41, 5.74) is 1.18. The first kappa shape index (κ1) is 16.2. The molecule has 0 aromatic carbocycles. The zero-order valence-electron chi connectivity index (χ0n) is 12.8. The fourth-order valence-electron chi connectivity index (χ4n) is 2.97. The molecule has 1 aliphatic heterocycles. The van der Waals surface area contributed by atoms with Crippen molar-refractivity contribution in [2.45, 2.75) is 63.8 Å². The molecule has 0 radical (unpaired) electrons. The summed E-state index contributed by atoms with van der Waals surface area (Å²) < 4.78 is 2.32. The molecule has 1 saturated heterocycles. The molecule has 3 nitrogen and oxygen atoms in total. The third-order valence-electron chi connectivity index (χ3n) is 4.00. The van der Waals surface area contributed by atoms with Crippen LogP contribution in [0.2, 0.25) is 5.02 Å². The Morgan fingerprint density at radius 2 is 2.30 bits per heavy atom. The number of hydrogen-bond acceptors (Lipinski definition) is 3. The first-order valence-corrected chi connectivity index (χ1v) is 9.07. The van der Waals surface area contributed by atoms with Crippen molar-refractivity contribution in [2.75, 3.05) is 12.3 Å². The van der Waals surface area contributed by atoms with Gasteiger partial charge in [0.15, 0.2) is 0 Å². The Kier molecular flexibility index (Phi) is 5.82. The number of rotatable bonds is 7. The van der Waals surface area contributed by atoms with Gasteiger partial charge in [0.25, 0.3) is 0 Å². The fourth-order valence-corrected chi connectivity index (χ4v) is 4.62. The van der Waals surface area contributed by atoms with E-state index in [1.165, 1.54) is 24.3 Å². The lowest BCUT2D eigenvalue weighted by Gasteiger charge is -2.35. The van der Waals surface area contributed by atoms with E-state index in [4.69, 9.17) is 11.6 Å². The van der Waals surface area contributed by atoms with E-state index in [0.29, 0.717) is 0 Å². The molecule has 5 heteroatoms. The molecule has 114 valence electrons. The summed E-state index contributed by atoms with van der Waals surface area (Å²) in [6.45, 7) is 8.72. The Hall–Kier alpha value is -0.190. The van der Waals surface area contributed by atoms with Crippen LogP contribution in [0.4, 0.5) is 0 Å². The molecule has 1 fully saturated rings. The van der Waals surface area contributed by atoms with Crippen LogP contribution < -0.4 is 5.32 Å². The largest absolute Gasteiger partial charge is 0.307 e. The molecule has 0 aliphatic carbocycles. The molecule has 0 saturated carbocycles. The second-order valence-electron chi connectivity index (χ2n) is 5.75. The summed E-state index contributed by atoms with van der Waals surface area (Å²) in [6, 6.07) is 0.288. The first-order chi connectivity index (χ1) is 9.62.